The van der Waals surface area contributed by atoms with E-state index in [-0.39, 0.29) is 17.2 Å². The summed E-state index contributed by atoms with van der Waals surface area (Å²) < 4.78 is 6.24. The van der Waals surface area contributed by atoms with Crippen molar-refractivity contribution in [1.82, 2.24) is 0 Å². The van der Waals surface area contributed by atoms with Gasteiger partial charge in [-0.3, -0.25) is 0 Å². The van der Waals surface area contributed by atoms with E-state index in [2.05, 4.69) is 183 Å². The molecule has 0 bridgehead atoms. The smallest absolute Gasteiger partial charge is 0.186 e. The fourth-order valence-electron chi connectivity index (χ4n) is 11.4. The lowest BCUT2D eigenvalue weighted by Gasteiger charge is -2.41. The van der Waals surface area contributed by atoms with E-state index in [9.17, 15) is 15.3 Å². The molecule has 1 atom stereocenters. The van der Waals surface area contributed by atoms with E-state index in [4.69, 9.17) is 4.42 Å². The van der Waals surface area contributed by atoms with Gasteiger partial charge in [-0.05, 0) is 123 Å². The SMILES string of the molecule is C=Cc1oc2cccc(-c3c(C)c(O)c(N(c4cccc(\C=c5/cccc/c5=c5\cccc\c5=C\C)c4)C4C=CC5=C(C4)C(c4ccccc4)(c4ccccc4)c4ccccc45)c(O)c3O)c2c1/C=C\C. The lowest BCUT2D eigenvalue weighted by Crippen LogP contribution is -2.37. The highest BCUT2D eigenvalue weighted by Gasteiger charge is 2.49. The third kappa shape index (κ3) is 7.23. The minimum Gasteiger partial charge on any atom is -0.505 e. The van der Waals surface area contributed by atoms with Crippen LogP contribution >= 0.6 is 0 Å². The molecule has 0 spiro atoms. The molecule has 2 aliphatic carbocycles. The van der Waals surface area contributed by atoms with Gasteiger partial charge >= 0.3 is 0 Å². The van der Waals surface area contributed by atoms with E-state index >= 15 is 0 Å². The average molecular weight is 924 g/mol. The second-order valence-electron chi connectivity index (χ2n) is 18.3. The van der Waals surface area contributed by atoms with Gasteiger partial charge in [0.1, 0.15) is 22.8 Å². The second-order valence-corrected chi connectivity index (χ2v) is 18.3. The standard InChI is InChI=1S/C66H53NO4/c1-5-22-54-58(7-3)71-59-36-21-34-55(61(54)59)60-42(4)63(68)62(65(70)64(60)69)67(48-30-20-23-43(40-48)39-45-25-15-17-32-51(45)50-31-16-14-24-44(50)6-2)49-37-38-53-52-33-18-19-35-56(52)66(57(53)41-49,46-26-10-8-11-27-46)47-28-12-9-13-29-47/h5-40,49,68-70H,3,41H2,1-2,4H3/b22-5-,44-6-,45-39+,51-50-. The predicted octanol–water partition coefficient (Wildman–Crippen LogP) is 14.4. The molecule has 346 valence electrons. The van der Waals surface area contributed by atoms with Crippen molar-refractivity contribution in [1.29, 1.82) is 0 Å². The van der Waals surface area contributed by atoms with Crippen LogP contribution in [0, 0.1) is 17.4 Å². The normalized spacial score (nSPS) is 15.9. The maximum Gasteiger partial charge on any atom is 0.186 e. The number of furan rings is 1. The summed E-state index contributed by atoms with van der Waals surface area (Å²) >= 11 is 0. The van der Waals surface area contributed by atoms with Gasteiger partial charge in [-0.1, -0.05) is 195 Å². The van der Waals surface area contributed by atoms with Gasteiger partial charge < -0.3 is 24.6 Å². The lowest BCUT2D eigenvalue weighted by atomic mass is 9.65. The first-order valence-electron chi connectivity index (χ1n) is 24.2. The summed E-state index contributed by atoms with van der Waals surface area (Å²) in [5.41, 5.74) is 10.8. The molecule has 8 aromatic carbocycles. The number of aromatic hydroxyl groups is 3. The molecule has 1 unspecified atom stereocenters. The van der Waals surface area contributed by atoms with E-state index in [1.807, 2.05) is 54.3 Å². The molecule has 0 aliphatic heterocycles. The maximum atomic E-state index is 12.9. The van der Waals surface area contributed by atoms with Crippen molar-refractivity contribution >= 4 is 52.2 Å². The minimum atomic E-state index is -0.654. The zero-order chi connectivity index (χ0) is 48.8. The lowest BCUT2D eigenvalue weighted by molar-refractivity contribution is 0.397. The van der Waals surface area contributed by atoms with Crippen LogP contribution in [-0.4, -0.2) is 21.4 Å². The number of phenolic OH excluding ortho intramolecular Hbond substituents is 3. The van der Waals surface area contributed by atoms with E-state index in [0.29, 0.717) is 34.5 Å². The first kappa shape index (κ1) is 44.7. The molecule has 2 aliphatic rings. The van der Waals surface area contributed by atoms with Gasteiger partial charge in [0.15, 0.2) is 11.5 Å². The molecule has 0 saturated heterocycles. The van der Waals surface area contributed by atoms with Gasteiger partial charge in [0.25, 0.3) is 0 Å². The van der Waals surface area contributed by atoms with Crippen molar-refractivity contribution in [3.8, 4) is 28.4 Å². The Morgan fingerprint density at radius 2 is 1.30 bits per heavy atom. The van der Waals surface area contributed by atoms with E-state index in [0.717, 1.165) is 59.8 Å². The molecule has 0 amide bonds. The molecular formula is C66H53NO4. The summed E-state index contributed by atoms with van der Waals surface area (Å²) in [6.07, 6.45) is 14.8. The first-order chi connectivity index (χ1) is 34.8. The summed E-state index contributed by atoms with van der Waals surface area (Å²) in [5.74, 6) is -0.355. The van der Waals surface area contributed by atoms with Gasteiger partial charge in [0.05, 0.1) is 11.5 Å². The molecule has 3 N–H and O–H groups in total. The molecule has 0 fully saturated rings. The Morgan fingerprint density at radius 1 is 0.662 bits per heavy atom. The first-order valence-corrected chi connectivity index (χ1v) is 24.2. The Hall–Kier alpha value is -8.80. The van der Waals surface area contributed by atoms with Crippen LogP contribution in [0.15, 0.2) is 211 Å². The molecule has 9 aromatic rings. The minimum absolute atomic E-state index is 0.104. The molecule has 0 saturated carbocycles. The fraction of sp³-hybridized carbons (Fsp3) is 0.0909. The third-order valence-electron chi connectivity index (χ3n) is 14.5. The van der Waals surface area contributed by atoms with E-state index in [1.165, 1.54) is 16.7 Å². The number of fused-ring (bicyclic) bond motifs is 3. The zero-order valence-electron chi connectivity index (χ0n) is 40.0. The average Bonchev–Trinajstić information content (AvgIpc) is 3.93. The number of anilines is 2. The fourth-order valence-corrected chi connectivity index (χ4v) is 11.4. The van der Waals surface area contributed by atoms with Crippen LogP contribution in [0.25, 0.3) is 52.0 Å². The number of rotatable bonds is 9. The van der Waals surface area contributed by atoms with Crippen LogP contribution in [0.5, 0.6) is 17.2 Å². The Balaban J connectivity index is 1.15. The van der Waals surface area contributed by atoms with Gasteiger partial charge in [0, 0.05) is 27.8 Å². The number of nitrogens with zero attached hydrogens (tertiary/aromatic N) is 1. The van der Waals surface area contributed by atoms with Crippen molar-refractivity contribution < 1.29 is 19.7 Å². The molecule has 1 heterocycles. The summed E-state index contributed by atoms with van der Waals surface area (Å²) in [7, 11) is 0. The predicted molar refractivity (Wildman–Crippen MR) is 292 cm³/mol. The quantitative estimate of drug-likeness (QED) is 0.0993. The number of phenols is 3. The van der Waals surface area contributed by atoms with Gasteiger partial charge in [-0.15, -0.1) is 0 Å². The highest BCUT2D eigenvalue weighted by molar-refractivity contribution is 6.05. The third-order valence-corrected chi connectivity index (χ3v) is 14.5. The summed E-state index contributed by atoms with van der Waals surface area (Å²) in [6.45, 7) is 9.78. The van der Waals surface area contributed by atoms with Gasteiger partial charge in [0.2, 0.25) is 0 Å². The highest BCUT2D eigenvalue weighted by Crippen LogP contribution is 2.60. The van der Waals surface area contributed by atoms with Gasteiger partial charge in [-0.2, -0.15) is 0 Å². The molecule has 5 nitrogen and oxygen atoms in total. The van der Waals surface area contributed by atoms with Crippen molar-refractivity contribution in [2.45, 2.75) is 38.6 Å². The van der Waals surface area contributed by atoms with Crippen LogP contribution in [0.2, 0.25) is 0 Å². The zero-order valence-corrected chi connectivity index (χ0v) is 40.0. The Bertz CT molecular complexity index is 3830. The number of benzene rings is 8. The molecule has 71 heavy (non-hydrogen) atoms. The Labute approximate surface area is 413 Å². The molecule has 0 radical (unpaired) electrons. The summed E-state index contributed by atoms with van der Waals surface area (Å²) in [4.78, 5) is 2.01. The van der Waals surface area contributed by atoms with Crippen LogP contribution < -0.4 is 15.3 Å². The van der Waals surface area contributed by atoms with Gasteiger partial charge in [-0.25, -0.2) is 0 Å². The summed E-state index contributed by atoms with van der Waals surface area (Å²) in [5, 5.41) is 43.4. The van der Waals surface area contributed by atoms with E-state index < -0.39 is 17.2 Å². The number of hydrogen-bond acceptors (Lipinski definition) is 5. The Morgan fingerprint density at radius 3 is 2.00 bits per heavy atom. The monoisotopic (exact) mass is 923 g/mol. The molecule has 1 aromatic heterocycles. The van der Waals surface area contributed by atoms with Crippen LogP contribution in [0.1, 0.15) is 65.0 Å². The van der Waals surface area contributed by atoms with Crippen molar-refractivity contribution in [2.24, 2.45) is 0 Å². The summed E-state index contributed by atoms with van der Waals surface area (Å²) in [6, 6.07) is 60.3. The number of hydrogen-bond donors (Lipinski definition) is 3. The topological polar surface area (TPSA) is 77.1 Å². The van der Waals surface area contributed by atoms with Crippen molar-refractivity contribution in [2.75, 3.05) is 4.90 Å². The van der Waals surface area contributed by atoms with Crippen LogP contribution in [0.4, 0.5) is 11.4 Å². The maximum absolute atomic E-state index is 12.9. The molecule has 5 heteroatoms. The molecule has 11 rings (SSSR count). The Kier molecular flexibility index (Phi) is 11.5. The van der Waals surface area contributed by atoms with Crippen LogP contribution in [-0.2, 0) is 5.41 Å². The largest absolute Gasteiger partial charge is 0.505 e. The molecular weight excluding hydrogens is 871 g/mol. The van der Waals surface area contributed by atoms with Crippen molar-refractivity contribution in [3.05, 3.63) is 272 Å². The van der Waals surface area contributed by atoms with Crippen molar-refractivity contribution in [3.63, 3.8) is 0 Å². The van der Waals surface area contributed by atoms with Crippen LogP contribution in [0.3, 0.4) is 0 Å². The highest BCUT2D eigenvalue weighted by atomic mass is 16.3. The van der Waals surface area contributed by atoms with E-state index in [1.54, 1.807) is 13.0 Å². The second kappa shape index (κ2) is 18.3. The number of allylic oxidation sites excluding steroid dienone is 3.